The lowest BCUT2D eigenvalue weighted by Crippen LogP contribution is -2.40. The molecular formula is C21H30F3NO2. The maximum atomic E-state index is 12.6. The lowest BCUT2D eigenvalue weighted by atomic mass is 9.68. The zero-order valence-electron chi connectivity index (χ0n) is 16.0. The van der Waals surface area contributed by atoms with Crippen LogP contribution in [0.2, 0.25) is 0 Å². The highest BCUT2D eigenvalue weighted by atomic mass is 19.4. The maximum absolute atomic E-state index is 12.6. The SMILES string of the molecule is CN1CCC(CC(c2cccc(OC(F)(F)F)c2)C2(O)CCCCC2)CC1. The van der Waals surface area contributed by atoms with E-state index < -0.39 is 12.0 Å². The van der Waals surface area contributed by atoms with Crippen molar-refractivity contribution in [2.45, 2.75) is 69.2 Å². The first-order chi connectivity index (χ1) is 12.8. The van der Waals surface area contributed by atoms with Crippen molar-refractivity contribution in [1.29, 1.82) is 0 Å². The Balaban J connectivity index is 1.84. The Hall–Kier alpha value is -1.27. The summed E-state index contributed by atoms with van der Waals surface area (Å²) in [5.74, 6) is 0.139. The normalized spacial score (nSPS) is 23.1. The van der Waals surface area contributed by atoms with E-state index >= 15 is 0 Å². The number of alkyl halides is 3. The highest BCUT2D eigenvalue weighted by molar-refractivity contribution is 5.33. The second-order valence-corrected chi connectivity index (χ2v) is 8.32. The van der Waals surface area contributed by atoms with Crippen molar-refractivity contribution in [3.63, 3.8) is 0 Å². The van der Waals surface area contributed by atoms with Crippen LogP contribution < -0.4 is 4.74 Å². The number of ether oxygens (including phenoxy) is 1. The minimum absolute atomic E-state index is 0.150. The molecule has 152 valence electrons. The summed E-state index contributed by atoms with van der Waals surface area (Å²) in [4.78, 5) is 2.30. The van der Waals surface area contributed by atoms with E-state index in [1.165, 1.54) is 12.1 Å². The molecule has 1 atom stereocenters. The molecule has 0 aromatic heterocycles. The van der Waals surface area contributed by atoms with Crippen LogP contribution >= 0.6 is 0 Å². The zero-order valence-corrected chi connectivity index (χ0v) is 16.0. The van der Waals surface area contributed by atoms with Crippen LogP contribution in [-0.2, 0) is 0 Å². The summed E-state index contributed by atoms with van der Waals surface area (Å²) in [7, 11) is 2.11. The van der Waals surface area contributed by atoms with Crippen LogP contribution in [0.15, 0.2) is 24.3 Å². The quantitative estimate of drug-likeness (QED) is 0.766. The molecule has 0 radical (unpaired) electrons. The lowest BCUT2D eigenvalue weighted by Gasteiger charge is -2.42. The minimum Gasteiger partial charge on any atom is -0.406 e. The molecule has 27 heavy (non-hydrogen) atoms. The average Bonchev–Trinajstić information content (AvgIpc) is 2.60. The number of likely N-dealkylation sites (tertiary alicyclic amines) is 1. The molecule has 2 fully saturated rings. The molecule has 1 saturated carbocycles. The molecule has 0 amide bonds. The van der Waals surface area contributed by atoms with Gasteiger partial charge in [-0.1, -0.05) is 31.4 Å². The van der Waals surface area contributed by atoms with Gasteiger partial charge in [0.1, 0.15) is 5.75 Å². The fourth-order valence-electron chi connectivity index (χ4n) is 4.74. The van der Waals surface area contributed by atoms with Gasteiger partial charge in [0.2, 0.25) is 0 Å². The summed E-state index contributed by atoms with van der Waals surface area (Å²) >= 11 is 0. The summed E-state index contributed by atoms with van der Waals surface area (Å²) < 4.78 is 42.0. The second kappa shape index (κ2) is 8.39. The van der Waals surface area contributed by atoms with E-state index in [-0.39, 0.29) is 11.7 Å². The molecule has 1 N–H and O–H groups in total. The molecule has 1 aromatic rings. The van der Waals surface area contributed by atoms with Gasteiger partial charge >= 0.3 is 6.36 Å². The third kappa shape index (κ3) is 5.61. The Bertz CT molecular complexity index is 606. The van der Waals surface area contributed by atoms with Gasteiger partial charge < -0.3 is 14.7 Å². The number of nitrogens with zero attached hydrogens (tertiary/aromatic N) is 1. The number of hydrogen-bond donors (Lipinski definition) is 1. The first-order valence-corrected chi connectivity index (χ1v) is 10.0. The molecule has 0 bridgehead atoms. The topological polar surface area (TPSA) is 32.7 Å². The first kappa shape index (κ1) is 20.5. The smallest absolute Gasteiger partial charge is 0.406 e. The number of hydrogen-bond acceptors (Lipinski definition) is 3. The summed E-state index contributed by atoms with van der Waals surface area (Å²) in [6.45, 7) is 2.07. The van der Waals surface area contributed by atoms with Crippen LogP contribution in [0, 0.1) is 5.92 Å². The van der Waals surface area contributed by atoms with Gasteiger partial charge in [-0.3, -0.25) is 0 Å². The Labute approximate surface area is 159 Å². The molecule has 1 aliphatic heterocycles. The van der Waals surface area contributed by atoms with E-state index in [1.54, 1.807) is 6.07 Å². The van der Waals surface area contributed by atoms with Gasteiger partial charge in [0.05, 0.1) is 5.60 Å². The highest BCUT2D eigenvalue weighted by Gasteiger charge is 2.40. The summed E-state index contributed by atoms with van der Waals surface area (Å²) in [6.07, 6.45) is 2.75. The summed E-state index contributed by atoms with van der Waals surface area (Å²) in [5.41, 5.74) is -0.0709. The van der Waals surface area contributed by atoms with Crippen molar-refractivity contribution in [2.24, 2.45) is 5.92 Å². The van der Waals surface area contributed by atoms with Gasteiger partial charge in [-0.25, -0.2) is 0 Å². The average molecular weight is 385 g/mol. The molecule has 3 nitrogen and oxygen atoms in total. The fraction of sp³-hybridized carbons (Fsp3) is 0.714. The zero-order chi connectivity index (χ0) is 19.5. The third-order valence-electron chi connectivity index (χ3n) is 6.27. The number of piperidine rings is 1. The molecule has 1 aliphatic carbocycles. The Kier molecular flexibility index (Phi) is 6.36. The number of rotatable bonds is 5. The molecule has 1 aromatic carbocycles. The predicted octanol–water partition coefficient (Wildman–Crippen LogP) is 5.10. The van der Waals surface area contributed by atoms with Gasteiger partial charge in [0, 0.05) is 5.92 Å². The monoisotopic (exact) mass is 385 g/mol. The van der Waals surface area contributed by atoms with Crippen molar-refractivity contribution in [3.8, 4) is 5.75 Å². The van der Waals surface area contributed by atoms with Gasteiger partial charge in [-0.2, -0.15) is 0 Å². The van der Waals surface area contributed by atoms with Crippen molar-refractivity contribution in [1.82, 2.24) is 4.90 Å². The van der Waals surface area contributed by atoms with E-state index in [4.69, 9.17) is 0 Å². The fourth-order valence-corrected chi connectivity index (χ4v) is 4.74. The van der Waals surface area contributed by atoms with Crippen molar-refractivity contribution in [2.75, 3.05) is 20.1 Å². The van der Waals surface area contributed by atoms with Crippen LogP contribution in [0.5, 0.6) is 5.75 Å². The third-order valence-corrected chi connectivity index (χ3v) is 6.27. The Morgan fingerprint density at radius 1 is 1.19 bits per heavy atom. The summed E-state index contributed by atoms with van der Waals surface area (Å²) in [6, 6.07) is 6.24. The van der Waals surface area contributed by atoms with E-state index in [0.29, 0.717) is 18.8 Å². The van der Waals surface area contributed by atoms with Crippen molar-refractivity contribution in [3.05, 3.63) is 29.8 Å². The van der Waals surface area contributed by atoms with Gasteiger partial charge in [-0.15, -0.1) is 13.2 Å². The van der Waals surface area contributed by atoms with E-state index in [2.05, 4.69) is 16.7 Å². The van der Waals surface area contributed by atoms with Gasteiger partial charge in [0.25, 0.3) is 0 Å². The molecule has 3 rings (SSSR count). The molecule has 6 heteroatoms. The van der Waals surface area contributed by atoms with Crippen LogP contribution in [-0.4, -0.2) is 42.1 Å². The van der Waals surface area contributed by atoms with Crippen LogP contribution in [0.4, 0.5) is 13.2 Å². The Morgan fingerprint density at radius 3 is 2.48 bits per heavy atom. The standard InChI is InChI=1S/C21H30F3NO2/c1-25-12-8-16(9-13-25)14-19(20(26)10-3-2-4-11-20)17-6-5-7-18(15-17)27-21(22,23)24/h5-7,15-16,19,26H,2-4,8-14H2,1H3. The molecule has 1 saturated heterocycles. The van der Waals surface area contributed by atoms with E-state index in [9.17, 15) is 18.3 Å². The van der Waals surface area contributed by atoms with Crippen molar-refractivity contribution < 1.29 is 23.0 Å². The molecule has 1 heterocycles. The number of halogens is 3. The van der Waals surface area contributed by atoms with Crippen LogP contribution in [0.1, 0.15) is 62.8 Å². The van der Waals surface area contributed by atoms with Crippen LogP contribution in [0.25, 0.3) is 0 Å². The highest BCUT2D eigenvalue weighted by Crippen LogP contribution is 2.45. The first-order valence-electron chi connectivity index (χ1n) is 10.0. The van der Waals surface area contributed by atoms with Crippen molar-refractivity contribution >= 4 is 0 Å². The van der Waals surface area contributed by atoms with Gasteiger partial charge in [0.15, 0.2) is 0 Å². The van der Waals surface area contributed by atoms with E-state index in [0.717, 1.165) is 57.2 Å². The largest absolute Gasteiger partial charge is 0.573 e. The Morgan fingerprint density at radius 2 is 1.85 bits per heavy atom. The van der Waals surface area contributed by atoms with Gasteiger partial charge in [-0.05, 0) is 75.9 Å². The minimum atomic E-state index is -4.70. The molecule has 2 aliphatic rings. The molecule has 1 unspecified atom stereocenters. The van der Waals surface area contributed by atoms with E-state index in [1.807, 2.05) is 6.07 Å². The second-order valence-electron chi connectivity index (χ2n) is 8.32. The number of benzene rings is 1. The van der Waals surface area contributed by atoms with Crippen LogP contribution in [0.3, 0.4) is 0 Å². The summed E-state index contributed by atoms with van der Waals surface area (Å²) in [5, 5.41) is 11.4. The molecular weight excluding hydrogens is 355 g/mol. The number of aliphatic hydroxyl groups is 1. The maximum Gasteiger partial charge on any atom is 0.573 e. The lowest BCUT2D eigenvalue weighted by molar-refractivity contribution is -0.274. The molecule has 0 spiro atoms. The predicted molar refractivity (Wildman–Crippen MR) is 98.7 cm³/mol.